The van der Waals surface area contributed by atoms with Crippen LogP contribution in [-0.4, -0.2) is 5.11 Å². The molecule has 0 unspecified atom stereocenters. The first kappa shape index (κ1) is 16.4. The lowest BCUT2D eigenvalue weighted by molar-refractivity contribution is 0.374. The second kappa shape index (κ2) is 6.04. The minimum absolute atomic E-state index is 0.0821. The summed E-state index contributed by atoms with van der Waals surface area (Å²) in [5.74, 6) is 0.321. The summed E-state index contributed by atoms with van der Waals surface area (Å²) in [6, 6.07) is 15.8. The second-order valence-corrected chi connectivity index (χ2v) is 7.44. The fraction of sp³-hybridized carbons (Fsp3) is 0.400. The lowest BCUT2D eigenvalue weighted by Crippen LogP contribution is -2.24. The molecule has 0 aliphatic heterocycles. The molecule has 0 spiro atoms. The molecule has 22 heavy (non-hydrogen) atoms. The van der Waals surface area contributed by atoms with Gasteiger partial charge < -0.3 is 10.8 Å². The highest BCUT2D eigenvalue weighted by molar-refractivity contribution is 5.41. The first-order chi connectivity index (χ1) is 10.2. The quantitative estimate of drug-likeness (QED) is 0.762. The zero-order valence-electron chi connectivity index (χ0n) is 14.1. The summed E-state index contributed by atoms with van der Waals surface area (Å²) < 4.78 is 0. The fourth-order valence-corrected chi connectivity index (χ4v) is 2.76. The number of hydrogen-bond donors (Lipinski definition) is 2. The van der Waals surface area contributed by atoms with Gasteiger partial charge in [-0.05, 0) is 59.1 Å². The number of anilines is 1. The molecule has 2 heteroatoms. The van der Waals surface area contributed by atoms with Gasteiger partial charge in [-0.15, -0.1) is 0 Å². The zero-order valence-corrected chi connectivity index (χ0v) is 14.1. The summed E-state index contributed by atoms with van der Waals surface area (Å²) in [7, 11) is 0. The molecule has 3 N–H and O–H groups in total. The fourth-order valence-electron chi connectivity index (χ4n) is 2.76. The maximum absolute atomic E-state index is 9.44. The van der Waals surface area contributed by atoms with E-state index in [9.17, 15) is 5.11 Å². The Labute approximate surface area is 134 Å². The van der Waals surface area contributed by atoms with Crippen LogP contribution >= 0.6 is 0 Å². The molecule has 0 saturated carbocycles. The molecule has 0 amide bonds. The van der Waals surface area contributed by atoms with E-state index >= 15 is 0 Å². The van der Waals surface area contributed by atoms with E-state index in [2.05, 4.69) is 39.8 Å². The van der Waals surface area contributed by atoms with Crippen molar-refractivity contribution in [2.75, 3.05) is 5.73 Å². The van der Waals surface area contributed by atoms with Crippen LogP contribution in [0.1, 0.15) is 51.7 Å². The molecule has 0 saturated heterocycles. The van der Waals surface area contributed by atoms with Crippen LogP contribution in [0.25, 0.3) is 0 Å². The maximum atomic E-state index is 9.44. The van der Waals surface area contributed by atoms with Gasteiger partial charge in [0.05, 0.1) is 0 Å². The monoisotopic (exact) mass is 297 g/mol. The van der Waals surface area contributed by atoms with Crippen LogP contribution in [0.5, 0.6) is 5.75 Å². The first-order valence-corrected chi connectivity index (χ1v) is 7.86. The van der Waals surface area contributed by atoms with Gasteiger partial charge >= 0.3 is 0 Å². The van der Waals surface area contributed by atoms with Crippen molar-refractivity contribution in [1.29, 1.82) is 0 Å². The second-order valence-electron chi connectivity index (χ2n) is 7.44. The van der Waals surface area contributed by atoms with Gasteiger partial charge in [0.25, 0.3) is 0 Å². The van der Waals surface area contributed by atoms with Gasteiger partial charge in [0.2, 0.25) is 0 Å². The van der Waals surface area contributed by atoms with E-state index in [0.717, 1.165) is 18.5 Å². The number of phenolic OH excluding ortho intramolecular Hbond substituents is 1. The zero-order chi connectivity index (χ0) is 16.4. The van der Waals surface area contributed by atoms with Gasteiger partial charge in [-0.2, -0.15) is 0 Å². The van der Waals surface area contributed by atoms with Crippen LogP contribution in [0, 0.1) is 0 Å². The van der Waals surface area contributed by atoms with Crippen molar-refractivity contribution < 1.29 is 5.11 Å². The van der Waals surface area contributed by atoms with Gasteiger partial charge in [-0.25, -0.2) is 0 Å². The van der Waals surface area contributed by atoms with Crippen LogP contribution < -0.4 is 5.73 Å². The highest BCUT2D eigenvalue weighted by atomic mass is 16.3. The van der Waals surface area contributed by atoms with Crippen LogP contribution in [0.15, 0.2) is 48.5 Å². The summed E-state index contributed by atoms with van der Waals surface area (Å²) in [5.41, 5.74) is 9.37. The third-order valence-electron chi connectivity index (χ3n) is 4.72. The maximum Gasteiger partial charge on any atom is 0.115 e. The molecule has 0 aromatic heterocycles. The average molecular weight is 297 g/mol. The number of benzene rings is 2. The lowest BCUT2D eigenvalue weighted by atomic mass is 9.73. The summed E-state index contributed by atoms with van der Waals surface area (Å²) in [6.45, 7) is 9.09. The molecule has 2 aromatic rings. The summed E-state index contributed by atoms with van der Waals surface area (Å²) in [4.78, 5) is 0. The topological polar surface area (TPSA) is 46.2 Å². The lowest BCUT2D eigenvalue weighted by Gasteiger charge is -2.32. The minimum Gasteiger partial charge on any atom is -0.508 e. The third-order valence-corrected chi connectivity index (χ3v) is 4.72. The minimum atomic E-state index is 0.0821. The van der Waals surface area contributed by atoms with Crippen molar-refractivity contribution in [2.24, 2.45) is 0 Å². The Kier molecular flexibility index (Phi) is 4.50. The van der Waals surface area contributed by atoms with Crippen molar-refractivity contribution in [3.8, 4) is 5.75 Å². The molecule has 0 radical (unpaired) electrons. The van der Waals surface area contributed by atoms with Crippen molar-refractivity contribution >= 4 is 5.69 Å². The molecule has 2 aromatic carbocycles. The van der Waals surface area contributed by atoms with Crippen molar-refractivity contribution in [3.63, 3.8) is 0 Å². The predicted octanol–water partition coefficient (Wildman–Crippen LogP) is 5.01. The Balaban J connectivity index is 2.10. The number of phenols is 1. The molecular formula is C20H27NO. The van der Waals surface area contributed by atoms with Gasteiger partial charge in [-0.1, -0.05) is 52.0 Å². The molecule has 0 heterocycles. The van der Waals surface area contributed by atoms with Crippen molar-refractivity contribution in [1.82, 2.24) is 0 Å². The molecule has 2 rings (SSSR count). The molecular weight excluding hydrogens is 270 g/mol. The molecule has 0 aliphatic rings. The Morgan fingerprint density at radius 2 is 1.09 bits per heavy atom. The summed E-state index contributed by atoms with van der Waals surface area (Å²) in [5, 5.41) is 9.44. The van der Waals surface area contributed by atoms with E-state index in [1.807, 2.05) is 24.3 Å². The van der Waals surface area contributed by atoms with E-state index in [1.54, 1.807) is 12.1 Å². The Hall–Kier alpha value is -1.96. The Bertz CT molecular complexity index is 552. The van der Waals surface area contributed by atoms with E-state index in [4.69, 9.17) is 5.73 Å². The molecule has 0 fully saturated rings. The molecule has 0 aliphatic carbocycles. The SMILES string of the molecule is CC(C)(CCC(C)(C)c1ccc(O)cc1)c1ccc(N)cc1. The predicted molar refractivity (Wildman–Crippen MR) is 94.2 cm³/mol. The van der Waals surface area contributed by atoms with Gasteiger partial charge in [-0.3, -0.25) is 0 Å². The van der Waals surface area contributed by atoms with Crippen molar-refractivity contribution in [3.05, 3.63) is 59.7 Å². The number of nitrogens with two attached hydrogens (primary N) is 1. The highest BCUT2D eigenvalue weighted by Gasteiger charge is 2.27. The molecule has 118 valence electrons. The molecule has 0 atom stereocenters. The molecule has 0 bridgehead atoms. The van der Waals surface area contributed by atoms with Crippen LogP contribution in [0.4, 0.5) is 5.69 Å². The van der Waals surface area contributed by atoms with E-state index < -0.39 is 0 Å². The highest BCUT2D eigenvalue weighted by Crippen LogP contribution is 2.36. The average Bonchev–Trinajstić information content (AvgIpc) is 2.46. The number of hydrogen-bond acceptors (Lipinski definition) is 2. The standard InChI is InChI=1S/C20H27NO/c1-19(2,15-5-9-17(21)10-6-15)13-14-20(3,4)16-7-11-18(22)12-8-16/h5-12,22H,13-14,21H2,1-4H3. The van der Waals surface area contributed by atoms with E-state index in [1.165, 1.54) is 11.1 Å². The van der Waals surface area contributed by atoms with Crippen LogP contribution in [0.3, 0.4) is 0 Å². The Morgan fingerprint density at radius 3 is 1.50 bits per heavy atom. The van der Waals surface area contributed by atoms with E-state index in [0.29, 0.717) is 5.75 Å². The number of rotatable bonds is 5. The largest absolute Gasteiger partial charge is 0.508 e. The first-order valence-electron chi connectivity index (χ1n) is 7.86. The molecule has 2 nitrogen and oxygen atoms in total. The van der Waals surface area contributed by atoms with Gasteiger partial charge in [0.15, 0.2) is 0 Å². The number of nitrogen functional groups attached to an aromatic ring is 1. The van der Waals surface area contributed by atoms with Gasteiger partial charge in [0.1, 0.15) is 5.75 Å². The Morgan fingerprint density at radius 1 is 0.727 bits per heavy atom. The van der Waals surface area contributed by atoms with Crippen molar-refractivity contribution in [2.45, 2.75) is 51.4 Å². The van der Waals surface area contributed by atoms with Crippen LogP contribution in [-0.2, 0) is 10.8 Å². The smallest absolute Gasteiger partial charge is 0.115 e. The summed E-state index contributed by atoms with van der Waals surface area (Å²) >= 11 is 0. The van der Waals surface area contributed by atoms with Crippen LogP contribution in [0.2, 0.25) is 0 Å². The van der Waals surface area contributed by atoms with Gasteiger partial charge in [0, 0.05) is 5.69 Å². The summed E-state index contributed by atoms with van der Waals surface area (Å²) in [6.07, 6.45) is 2.17. The normalized spacial score (nSPS) is 12.4. The third kappa shape index (κ3) is 3.82. The number of aromatic hydroxyl groups is 1. The van der Waals surface area contributed by atoms with E-state index in [-0.39, 0.29) is 10.8 Å².